The smallest absolute Gasteiger partial charge is 0.220 e. The van der Waals surface area contributed by atoms with Gasteiger partial charge in [0.25, 0.3) is 0 Å². The van der Waals surface area contributed by atoms with Crippen LogP contribution < -0.4 is 5.32 Å². The van der Waals surface area contributed by atoms with Crippen molar-refractivity contribution in [2.24, 2.45) is 0 Å². The molecule has 0 bridgehead atoms. The third-order valence-electron chi connectivity index (χ3n) is 3.96. The highest BCUT2D eigenvalue weighted by Crippen LogP contribution is 2.24. The molecule has 0 fully saturated rings. The number of nitrogens with zero attached hydrogens (tertiary/aromatic N) is 1. The van der Waals surface area contributed by atoms with E-state index in [9.17, 15) is 4.79 Å². The lowest BCUT2D eigenvalue weighted by Gasteiger charge is -2.06. The molecule has 128 valence electrons. The Kier molecular flexibility index (Phi) is 5.66. The molecule has 1 heterocycles. The first-order valence-corrected chi connectivity index (χ1v) is 8.92. The van der Waals surface area contributed by atoms with Crippen LogP contribution in [0.25, 0.3) is 11.3 Å². The normalized spacial score (nSPS) is 10.6. The average molecular weight is 399 g/mol. The molecule has 0 atom stereocenters. The highest BCUT2D eigenvalue weighted by Gasteiger charge is 2.12. The Labute approximate surface area is 155 Å². The molecule has 1 amide bonds. The zero-order chi connectivity index (χ0) is 17.6. The fourth-order valence-corrected chi connectivity index (χ4v) is 2.87. The number of halogens is 1. The van der Waals surface area contributed by atoms with Crippen LogP contribution in [0.4, 0.5) is 0 Å². The van der Waals surface area contributed by atoms with E-state index in [0.29, 0.717) is 19.4 Å². The van der Waals surface area contributed by atoms with Gasteiger partial charge in [-0.1, -0.05) is 57.0 Å². The lowest BCUT2D eigenvalue weighted by molar-refractivity contribution is -0.121. The maximum absolute atomic E-state index is 12.1. The van der Waals surface area contributed by atoms with Gasteiger partial charge in [-0.3, -0.25) is 4.79 Å². The summed E-state index contributed by atoms with van der Waals surface area (Å²) < 4.78 is 6.15. The number of aryl methyl sites for hydroxylation is 2. The summed E-state index contributed by atoms with van der Waals surface area (Å²) in [5, 5.41) is 7.04. The Hall–Kier alpha value is -2.40. The van der Waals surface area contributed by atoms with Crippen molar-refractivity contribution >= 4 is 21.8 Å². The molecule has 0 aliphatic rings. The zero-order valence-electron chi connectivity index (χ0n) is 14.0. The van der Waals surface area contributed by atoms with Gasteiger partial charge in [-0.25, -0.2) is 0 Å². The number of aromatic nitrogens is 1. The lowest BCUT2D eigenvalue weighted by Crippen LogP contribution is -2.22. The van der Waals surface area contributed by atoms with Gasteiger partial charge in [-0.05, 0) is 37.1 Å². The Morgan fingerprint density at radius 1 is 1.20 bits per heavy atom. The number of hydrogen-bond donors (Lipinski definition) is 1. The fourth-order valence-electron chi connectivity index (χ4n) is 2.60. The molecular weight excluding hydrogens is 380 g/mol. The van der Waals surface area contributed by atoms with E-state index in [2.05, 4.69) is 32.5 Å². The van der Waals surface area contributed by atoms with Crippen molar-refractivity contribution < 1.29 is 9.32 Å². The highest BCUT2D eigenvalue weighted by atomic mass is 79.9. The SMILES string of the molecule is Cc1cccc(-c2nocc2CCC(=O)NCc2ccc(Br)cc2)c1. The first kappa shape index (κ1) is 17.4. The van der Waals surface area contributed by atoms with Crippen LogP contribution in [0.15, 0.2) is 63.8 Å². The monoisotopic (exact) mass is 398 g/mol. The van der Waals surface area contributed by atoms with Gasteiger partial charge in [0.05, 0.1) is 0 Å². The van der Waals surface area contributed by atoms with E-state index in [4.69, 9.17) is 4.52 Å². The summed E-state index contributed by atoms with van der Waals surface area (Å²) in [7, 11) is 0. The molecular formula is C20H19BrN2O2. The van der Waals surface area contributed by atoms with Crippen molar-refractivity contribution in [3.63, 3.8) is 0 Å². The molecule has 0 radical (unpaired) electrons. The number of hydrogen-bond acceptors (Lipinski definition) is 3. The number of nitrogens with one attached hydrogen (secondary N) is 1. The van der Waals surface area contributed by atoms with Crippen molar-refractivity contribution in [3.8, 4) is 11.3 Å². The van der Waals surface area contributed by atoms with Gasteiger partial charge in [0.15, 0.2) is 0 Å². The van der Waals surface area contributed by atoms with Gasteiger partial charge >= 0.3 is 0 Å². The maximum atomic E-state index is 12.1. The van der Waals surface area contributed by atoms with Gasteiger partial charge in [0, 0.05) is 28.6 Å². The van der Waals surface area contributed by atoms with Crippen molar-refractivity contribution in [1.82, 2.24) is 10.5 Å². The highest BCUT2D eigenvalue weighted by molar-refractivity contribution is 9.10. The second kappa shape index (κ2) is 8.12. The predicted molar refractivity (Wildman–Crippen MR) is 101 cm³/mol. The molecule has 25 heavy (non-hydrogen) atoms. The van der Waals surface area contributed by atoms with Crippen LogP contribution in [-0.4, -0.2) is 11.1 Å². The number of amides is 1. The number of rotatable bonds is 6. The van der Waals surface area contributed by atoms with Crippen LogP contribution in [0.2, 0.25) is 0 Å². The topological polar surface area (TPSA) is 55.1 Å². The van der Waals surface area contributed by atoms with Crippen LogP contribution in [0.3, 0.4) is 0 Å². The molecule has 0 aliphatic carbocycles. The van der Waals surface area contributed by atoms with Crippen LogP contribution in [-0.2, 0) is 17.8 Å². The van der Waals surface area contributed by atoms with E-state index >= 15 is 0 Å². The Morgan fingerprint density at radius 3 is 2.76 bits per heavy atom. The molecule has 0 saturated carbocycles. The third kappa shape index (κ3) is 4.79. The molecule has 0 aliphatic heterocycles. The summed E-state index contributed by atoms with van der Waals surface area (Å²) in [6.07, 6.45) is 2.62. The molecule has 0 saturated heterocycles. The van der Waals surface area contributed by atoms with Gasteiger partial charge in [-0.2, -0.15) is 0 Å². The average Bonchev–Trinajstić information content (AvgIpc) is 3.08. The van der Waals surface area contributed by atoms with E-state index in [1.807, 2.05) is 49.4 Å². The summed E-state index contributed by atoms with van der Waals surface area (Å²) in [4.78, 5) is 12.1. The molecule has 4 nitrogen and oxygen atoms in total. The summed E-state index contributed by atoms with van der Waals surface area (Å²) in [6.45, 7) is 2.57. The second-order valence-electron chi connectivity index (χ2n) is 5.96. The predicted octanol–water partition coefficient (Wildman–Crippen LogP) is 4.66. The summed E-state index contributed by atoms with van der Waals surface area (Å²) >= 11 is 3.40. The number of carbonyl (C=O) groups is 1. The van der Waals surface area contributed by atoms with Crippen molar-refractivity contribution in [3.05, 3.63) is 76.0 Å². The van der Waals surface area contributed by atoms with Gasteiger partial charge in [0.2, 0.25) is 5.91 Å². The third-order valence-corrected chi connectivity index (χ3v) is 4.49. The Balaban J connectivity index is 1.56. The standard InChI is InChI=1S/C20H19BrN2O2/c1-14-3-2-4-16(11-14)20-17(13-25-23-20)7-10-19(24)22-12-15-5-8-18(21)9-6-15/h2-6,8-9,11,13H,7,10,12H2,1H3,(H,22,24). The van der Waals surface area contributed by atoms with Crippen LogP contribution in [0, 0.1) is 6.92 Å². The van der Waals surface area contributed by atoms with E-state index in [0.717, 1.165) is 26.9 Å². The van der Waals surface area contributed by atoms with Crippen LogP contribution in [0.1, 0.15) is 23.1 Å². The summed E-state index contributed by atoms with van der Waals surface area (Å²) in [5.74, 6) is 0.0133. The number of carbonyl (C=O) groups excluding carboxylic acids is 1. The zero-order valence-corrected chi connectivity index (χ0v) is 15.5. The molecule has 2 aromatic carbocycles. The molecule has 0 spiro atoms. The minimum atomic E-state index is 0.0133. The van der Waals surface area contributed by atoms with Crippen molar-refractivity contribution in [1.29, 1.82) is 0 Å². The number of benzene rings is 2. The van der Waals surface area contributed by atoms with Crippen LogP contribution >= 0.6 is 15.9 Å². The van der Waals surface area contributed by atoms with Crippen molar-refractivity contribution in [2.45, 2.75) is 26.3 Å². The summed E-state index contributed by atoms with van der Waals surface area (Å²) in [5.41, 5.74) is 5.01. The molecule has 0 unspecified atom stereocenters. The Morgan fingerprint density at radius 2 is 2.00 bits per heavy atom. The van der Waals surface area contributed by atoms with Gasteiger partial charge < -0.3 is 9.84 Å². The van der Waals surface area contributed by atoms with E-state index in [1.165, 1.54) is 5.56 Å². The van der Waals surface area contributed by atoms with Crippen molar-refractivity contribution in [2.75, 3.05) is 0 Å². The largest absolute Gasteiger partial charge is 0.364 e. The molecule has 3 aromatic rings. The van der Waals surface area contributed by atoms with E-state index in [1.54, 1.807) is 6.26 Å². The molecule has 1 N–H and O–H groups in total. The molecule has 3 rings (SSSR count). The van der Waals surface area contributed by atoms with Crippen LogP contribution in [0.5, 0.6) is 0 Å². The Bertz CT molecular complexity index is 856. The van der Waals surface area contributed by atoms with E-state index < -0.39 is 0 Å². The van der Waals surface area contributed by atoms with Gasteiger partial charge in [0.1, 0.15) is 12.0 Å². The molecule has 5 heteroatoms. The fraction of sp³-hybridized carbons (Fsp3) is 0.200. The molecule has 1 aromatic heterocycles. The van der Waals surface area contributed by atoms with E-state index in [-0.39, 0.29) is 5.91 Å². The van der Waals surface area contributed by atoms with Gasteiger partial charge in [-0.15, -0.1) is 0 Å². The quantitative estimate of drug-likeness (QED) is 0.656. The first-order chi connectivity index (χ1) is 12.1. The maximum Gasteiger partial charge on any atom is 0.220 e. The first-order valence-electron chi connectivity index (χ1n) is 8.13. The minimum Gasteiger partial charge on any atom is -0.364 e. The minimum absolute atomic E-state index is 0.0133. The lowest BCUT2D eigenvalue weighted by atomic mass is 10.0. The summed E-state index contributed by atoms with van der Waals surface area (Å²) in [6, 6.07) is 16.0. The second-order valence-corrected chi connectivity index (χ2v) is 6.88.